The second-order valence-corrected chi connectivity index (χ2v) is 5.04. The number of aliphatic imine (C=N–C) groups is 2. The molecular formula is C20H12N4O2. The molecule has 1 aliphatic rings. The molecule has 0 saturated carbocycles. The molecule has 0 N–H and O–H groups in total. The molecule has 2 aromatic carbocycles. The molecule has 124 valence electrons. The van der Waals surface area contributed by atoms with Crippen LogP contribution in [0.1, 0.15) is 0 Å². The second kappa shape index (κ2) is 8.09. The molecule has 0 bridgehead atoms. The van der Waals surface area contributed by atoms with Gasteiger partial charge in [-0.15, -0.1) is 0 Å². The summed E-state index contributed by atoms with van der Waals surface area (Å²) in [7, 11) is 0. The molecule has 0 radical (unpaired) electrons. The number of hydrogen-bond donors (Lipinski definition) is 0. The van der Waals surface area contributed by atoms with Gasteiger partial charge < -0.3 is 9.47 Å². The molecule has 0 aliphatic heterocycles. The van der Waals surface area contributed by atoms with E-state index in [1.807, 2.05) is 36.4 Å². The molecule has 0 atom stereocenters. The highest BCUT2D eigenvalue weighted by Crippen LogP contribution is 2.22. The molecule has 0 spiro atoms. The molecule has 0 fully saturated rings. The summed E-state index contributed by atoms with van der Waals surface area (Å²) >= 11 is 0. The summed E-state index contributed by atoms with van der Waals surface area (Å²) in [6.07, 6.45) is 6.53. The van der Waals surface area contributed by atoms with Gasteiger partial charge in [0.1, 0.15) is 22.9 Å². The summed E-state index contributed by atoms with van der Waals surface area (Å²) in [4.78, 5) is 7.56. The number of hydrogen-bond acceptors (Lipinski definition) is 6. The van der Waals surface area contributed by atoms with Gasteiger partial charge in [-0.25, -0.2) is 0 Å². The van der Waals surface area contributed by atoms with Crippen molar-refractivity contribution in [2.45, 2.75) is 0 Å². The van der Waals surface area contributed by atoms with Gasteiger partial charge in [0.15, 0.2) is 11.5 Å². The molecule has 1 aliphatic carbocycles. The number of nitriles is 2. The first-order valence-corrected chi connectivity index (χ1v) is 7.63. The average molecular weight is 340 g/mol. The highest BCUT2D eigenvalue weighted by molar-refractivity contribution is 6.22. The first-order valence-electron chi connectivity index (χ1n) is 7.63. The standard InChI is InChI=1S/C20H12N4O2/c21-13-23-17-12-20(26-16-9-5-2-6-10-16)18(24-14-22)11-19(17)25-15-7-3-1-4-8-15/h1-12H. The van der Waals surface area contributed by atoms with E-state index in [0.29, 0.717) is 23.0 Å². The van der Waals surface area contributed by atoms with E-state index in [2.05, 4.69) is 9.98 Å². The number of ether oxygens (including phenoxy) is 2. The Hall–Kier alpha value is -4.16. The van der Waals surface area contributed by atoms with Crippen LogP contribution in [0.5, 0.6) is 11.5 Å². The molecule has 0 aromatic heterocycles. The van der Waals surface area contributed by atoms with Crippen LogP contribution in [-0.2, 0) is 0 Å². The predicted molar refractivity (Wildman–Crippen MR) is 96.4 cm³/mol. The number of allylic oxidation sites excluding steroid dienone is 2. The molecule has 3 rings (SSSR count). The SMILES string of the molecule is N#CN=C1C=C(Oc2ccccc2)C(=NC#N)C=C1Oc1ccccc1. The molecule has 6 nitrogen and oxygen atoms in total. The van der Waals surface area contributed by atoms with E-state index < -0.39 is 0 Å². The number of para-hydroxylation sites is 2. The van der Waals surface area contributed by atoms with E-state index in [9.17, 15) is 0 Å². The quantitative estimate of drug-likeness (QED) is 0.626. The molecule has 0 heterocycles. The Morgan fingerprint density at radius 1 is 0.615 bits per heavy atom. The van der Waals surface area contributed by atoms with Crippen LogP contribution in [0, 0.1) is 22.9 Å². The van der Waals surface area contributed by atoms with Crippen LogP contribution < -0.4 is 9.47 Å². The van der Waals surface area contributed by atoms with Gasteiger partial charge in [0, 0.05) is 12.2 Å². The Kier molecular flexibility index (Phi) is 5.19. The largest absolute Gasteiger partial charge is 0.455 e. The third kappa shape index (κ3) is 4.02. The lowest BCUT2D eigenvalue weighted by molar-refractivity contribution is 0.442. The highest BCUT2D eigenvalue weighted by Gasteiger charge is 2.21. The maximum Gasteiger partial charge on any atom is 0.206 e. The summed E-state index contributed by atoms with van der Waals surface area (Å²) in [6.45, 7) is 0. The third-order valence-corrected chi connectivity index (χ3v) is 3.32. The zero-order chi connectivity index (χ0) is 18.2. The number of nitrogens with zero attached hydrogens (tertiary/aromatic N) is 4. The van der Waals surface area contributed by atoms with Crippen molar-refractivity contribution >= 4 is 11.4 Å². The van der Waals surface area contributed by atoms with Crippen LogP contribution in [0.15, 0.2) is 94.3 Å². The smallest absolute Gasteiger partial charge is 0.206 e. The fraction of sp³-hybridized carbons (Fsp3) is 0. The molecule has 0 saturated heterocycles. The van der Waals surface area contributed by atoms with Crippen LogP contribution in [0.2, 0.25) is 0 Å². The molecular weight excluding hydrogens is 328 g/mol. The Balaban J connectivity index is 1.96. The molecule has 0 amide bonds. The predicted octanol–water partition coefficient (Wildman–Crippen LogP) is 3.77. The average Bonchev–Trinajstić information content (AvgIpc) is 2.67. The topological polar surface area (TPSA) is 90.8 Å². The lowest BCUT2D eigenvalue weighted by Gasteiger charge is -2.17. The highest BCUT2D eigenvalue weighted by atomic mass is 16.5. The van der Waals surface area contributed by atoms with Crippen molar-refractivity contribution < 1.29 is 9.47 Å². The van der Waals surface area contributed by atoms with E-state index in [-0.39, 0.29) is 11.4 Å². The fourth-order valence-corrected chi connectivity index (χ4v) is 2.22. The Bertz CT molecular complexity index is 908. The van der Waals surface area contributed by atoms with Crippen molar-refractivity contribution in [1.82, 2.24) is 0 Å². The van der Waals surface area contributed by atoms with Gasteiger partial charge in [-0.3, -0.25) is 0 Å². The first kappa shape index (κ1) is 16.7. The number of rotatable bonds is 4. The molecule has 6 heteroatoms. The number of benzene rings is 2. The monoisotopic (exact) mass is 340 g/mol. The Labute approximate surface area is 150 Å². The maximum absolute atomic E-state index is 8.97. The summed E-state index contributed by atoms with van der Waals surface area (Å²) in [6, 6.07) is 18.1. The van der Waals surface area contributed by atoms with Gasteiger partial charge in [-0.1, -0.05) is 36.4 Å². The van der Waals surface area contributed by atoms with Crippen LogP contribution in [0.25, 0.3) is 0 Å². The van der Waals surface area contributed by atoms with Gasteiger partial charge in [0.05, 0.1) is 0 Å². The van der Waals surface area contributed by atoms with Crippen LogP contribution in [0.4, 0.5) is 0 Å². The minimum Gasteiger partial charge on any atom is -0.455 e. The molecule has 2 aromatic rings. The summed E-state index contributed by atoms with van der Waals surface area (Å²) in [5.74, 6) is 1.74. The summed E-state index contributed by atoms with van der Waals surface area (Å²) in [5.41, 5.74) is 0.554. The van der Waals surface area contributed by atoms with E-state index in [4.69, 9.17) is 20.0 Å². The van der Waals surface area contributed by atoms with Gasteiger partial charge >= 0.3 is 0 Å². The van der Waals surface area contributed by atoms with E-state index in [1.165, 1.54) is 12.2 Å². The van der Waals surface area contributed by atoms with Crippen LogP contribution >= 0.6 is 0 Å². The third-order valence-electron chi connectivity index (χ3n) is 3.32. The van der Waals surface area contributed by atoms with Crippen molar-refractivity contribution in [1.29, 1.82) is 10.5 Å². The van der Waals surface area contributed by atoms with Gasteiger partial charge in [-0.2, -0.15) is 20.5 Å². The van der Waals surface area contributed by atoms with E-state index >= 15 is 0 Å². The zero-order valence-electron chi connectivity index (χ0n) is 13.5. The van der Waals surface area contributed by atoms with Crippen molar-refractivity contribution in [3.8, 4) is 23.9 Å². The van der Waals surface area contributed by atoms with E-state index in [0.717, 1.165) is 0 Å². The Morgan fingerprint density at radius 3 is 1.35 bits per heavy atom. The minimum atomic E-state index is 0.277. The van der Waals surface area contributed by atoms with Crippen molar-refractivity contribution in [3.05, 3.63) is 84.3 Å². The normalized spacial score (nSPS) is 16.2. The van der Waals surface area contributed by atoms with Crippen LogP contribution in [0.3, 0.4) is 0 Å². The molecule has 0 unspecified atom stereocenters. The van der Waals surface area contributed by atoms with E-state index in [1.54, 1.807) is 36.7 Å². The van der Waals surface area contributed by atoms with Gasteiger partial charge in [0.2, 0.25) is 12.4 Å². The maximum atomic E-state index is 8.97. The fourth-order valence-electron chi connectivity index (χ4n) is 2.22. The molecule has 26 heavy (non-hydrogen) atoms. The zero-order valence-corrected chi connectivity index (χ0v) is 13.5. The first-order chi connectivity index (χ1) is 12.8. The second-order valence-electron chi connectivity index (χ2n) is 5.04. The van der Waals surface area contributed by atoms with Crippen molar-refractivity contribution in [2.75, 3.05) is 0 Å². The van der Waals surface area contributed by atoms with Gasteiger partial charge in [0.25, 0.3) is 0 Å². The summed E-state index contributed by atoms with van der Waals surface area (Å²) in [5, 5.41) is 17.9. The lowest BCUT2D eigenvalue weighted by Crippen LogP contribution is -2.20. The van der Waals surface area contributed by atoms with Gasteiger partial charge in [-0.05, 0) is 24.3 Å². The lowest BCUT2D eigenvalue weighted by atomic mass is 10.1. The Morgan fingerprint density at radius 2 is 1.00 bits per heavy atom. The van der Waals surface area contributed by atoms with Crippen molar-refractivity contribution in [3.63, 3.8) is 0 Å². The van der Waals surface area contributed by atoms with Crippen molar-refractivity contribution in [2.24, 2.45) is 9.98 Å². The minimum absolute atomic E-state index is 0.277. The van der Waals surface area contributed by atoms with Crippen LogP contribution in [-0.4, -0.2) is 11.4 Å². The summed E-state index contributed by atoms with van der Waals surface area (Å²) < 4.78 is 11.6.